The van der Waals surface area contributed by atoms with Gasteiger partial charge >= 0.3 is 0 Å². The van der Waals surface area contributed by atoms with Crippen LogP contribution in [-0.4, -0.2) is 25.8 Å². The van der Waals surface area contributed by atoms with E-state index in [2.05, 4.69) is 17.1 Å². The normalized spacial score (nSPS) is 10.6. The Morgan fingerprint density at radius 1 is 1.03 bits per heavy atom. The fourth-order valence-electron chi connectivity index (χ4n) is 2.83. The van der Waals surface area contributed by atoms with E-state index < -0.39 is 5.91 Å². The van der Waals surface area contributed by atoms with Crippen LogP contribution in [0.1, 0.15) is 21.5 Å². The first kappa shape index (κ1) is 24.2. The Morgan fingerprint density at radius 2 is 1.76 bits per heavy atom. The molecule has 8 heteroatoms. The second-order valence-electron chi connectivity index (χ2n) is 6.75. The zero-order valence-electron chi connectivity index (χ0n) is 17.9. The molecular formula is C25H22Cl2N2O4. The van der Waals surface area contributed by atoms with Gasteiger partial charge in [-0.1, -0.05) is 66.2 Å². The Morgan fingerprint density at radius 3 is 2.42 bits per heavy atom. The second-order valence-corrected chi connectivity index (χ2v) is 7.57. The molecule has 0 atom stereocenters. The van der Waals surface area contributed by atoms with Crippen molar-refractivity contribution < 1.29 is 19.0 Å². The number of rotatable bonds is 10. The highest BCUT2D eigenvalue weighted by molar-refractivity contribution is 6.37. The maximum absolute atomic E-state index is 12.5. The topological polar surface area (TPSA) is 69.2 Å². The average Bonchev–Trinajstić information content (AvgIpc) is 2.82. The van der Waals surface area contributed by atoms with E-state index in [0.29, 0.717) is 45.0 Å². The number of halogens is 2. The third-order valence-electron chi connectivity index (χ3n) is 4.41. The van der Waals surface area contributed by atoms with E-state index in [0.717, 1.165) is 5.56 Å². The number of benzene rings is 3. The fourth-order valence-corrected chi connectivity index (χ4v) is 3.44. The van der Waals surface area contributed by atoms with E-state index in [1.807, 2.05) is 30.3 Å². The lowest BCUT2D eigenvalue weighted by atomic mass is 10.2. The van der Waals surface area contributed by atoms with Gasteiger partial charge in [-0.25, -0.2) is 5.43 Å². The van der Waals surface area contributed by atoms with Crippen molar-refractivity contribution in [2.75, 3.05) is 13.7 Å². The molecule has 0 aliphatic rings. The van der Waals surface area contributed by atoms with Gasteiger partial charge < -0.3 is 14.2 Å². The Kier molecular flexibility index (Phi) is 8.75. The molecule has 0 heterocycles. The fraction of sp³-hybridized carbons (Fsp3) is 0.120. The molecule has 1 amide bonds. The van der Waals surface area contributed by atoms with Gasteiger partial charge in [-0.3, -0.25) is 4.79 Å². The molecule has 33 heavy (non-hydrogen) atoms. The molecule has 0 aliphatic carbocycles. The minimum absolute atomic E-state index is 0.280. The van der Waals surface area contributed by atoms with Crippen LogP contribution in [0.3, 0.4) is 0 Å². The van der Waals surface area contributed by atoms with Crippen LogP contribution in [0.4, 0.5) is 0 Å². The quantitative estimate of drug-likeness (QED) is 0.220. The van der Waals surface area contributed by atoms with E-state index in [9.17, 15) is 4.79 Å². The summed E-state index contributed by atoms with van der Waals surface area (Å²) in [6.07, 6.45) is 3.02. The molecule has 170 valence electrons. The molecule has 0 bridgehead atoms. The molecule has 1 N–H and O–H groups in total. The largest absolute Gasteiger partial charge is 0.493 e. The van der Waals surface area contributed by atoms with E-state index in [1.165, 1.54) is 13.3 Å². The predicted octanol–water partition coefficient (Wildman–Crippen LogP) is 5.91. The van der Waals surface area contributed by atoms with E-state index >= 15 is 0 Å². The van der Waals surface area contributed by atoms with E-state index in [1.54, 1.807) is 36.4 Å². The van der Waals surface area contributed by atoms with Crippen LogP contribution in [0.25, 0.3) is 0 Å². The van der Waals surface area contributed by atoms with Crippen molar-refractivity contribution in [3.05, 3.63) is 100 Å². The third kappa shape index (κ3) is 6.75. The summed E-state index contributed by atoms with van der Waals surface area (Å²) in [6, 6.07) is 17.9. The van der Waals surface area contributed by atoms with Gasteiger partial charge in [0, 0.05) is 5.56 Å². The summed E-state index contributed by atoms with van der Waals surface area (Å²) in [5, 5.41) is 4.63. The first-order valence-corrected chi connectivity index (χ1v) is 10.7. The summed E-state index contributed by atoms with van der Waals surface area (Å²) >= 11 is 12.4. The predicted molar refractivity (Wildman–Crippen MR) is 131 cm³/mol. The summed E-state index contributed by atoms with van der Waals surface area (Å²) < 4.78 is 16.6. The molecule has 0 fully saturated rings. The first-order valence-electron chi connectivity index (χ1n) is 9.92. The van der Waals surface area contributed by atoms with Gasteiger partial charge in [0.1, 0.15) is 13.2 Å². The molecule has 0 radical (unpaired) electrons. The molecule has 0 aromatic heterocycles. The second kappa shape index (κ2) is 11.9. The third-order valence-corrected chi connectivity index (χ3v) is 4.97. The van der Waals surface area contributed by atoms with Gasteiger partial charge in [0.25, 0.3) is 5.91 Å². The summed E-state index contributed by atoms with van der Waals surface area (Å²) in [4.78, 5) is 12.5. The molecule has 0 aliphatic heterocycles. The van der Waals surface area contributed by atoms with Gasteiger partial charge in [0.15, 0.2) is 17.2 Å². The maximum Gasteiger partial charge on any atom is 0.271 e. The lowest BCUT2D eigenvalue weighted by Gasteiger charge is -2.12. The van der Waals surface area contributed by atoms with Gasteiger partial charge in [0.05, 0.1) is 23.4 Å². The number of hydrogen-bond acceptors (Lipinski definition) is 5. The molecule has 3 aromatic rings. The van der Waals surface area contributed by atoms with Crippen molar-refractivity contribution in [1.82, 2.24) is 5.43 Å². The lowest BCUT2D eigenvalue weighted by Crippen LogP contribution is -2.17. The number of methoxy groups -OCH3 is 1. The molecule has 3 rings (SSSR count). The van der Waals surface area contributed by atoms with Crippen LogP contribution in [-0.2, 0) is 6.61 Å². The Balaban J connectivity index is 1.64. The Labute approximate surface area is 202 Å². The highest BCUT2D eigenvalue weighted by Crippen LogP contribution is 2.34. The van der Waals surface area contributed by atoms with Crippen molar-refractivity contribution in [3.63, 3.8) is 0 Å². The summed E-state index contributed by atoms with van der Waals surface area (Å²) in [5.74, 6) is 0.920. The Hall–Kier alpha value is -3.48. The molecule has 0 saturated heterocycles. The Bertz CT molecular complexity index is 1130. The van der Waals surface area contributed by atoms with E-state index in [4.69, 9.17) is 37.4 Å². The number of carbonyl (C=O) groups excluding carboxylic acids is 1. The van der Waals surface area contributed by atoms with Crippen LogP contribution < -0.4 is 19.6 Å². The molecule has 0 spiro atoms. The minimum Gasteiger partial charge on any atom is -0.493 e. The average molecular weight is 485 g/mol. The number of amides is 1. The number of carbonyl (C=O) groups is 1. The van der Waals surface area contributed by atoms with Gasteiger partial charge in [-0.15, -0.1) is 0 Å². The SMILES string of the molecule is C=CCOc1c(Cl)cc(/C=N/NC(=O)c2ccc(OCc3ccccc3)c(OC)c2)cc1Cl. The molecular weight excluding hydrogens is 463 g/mol. The van der Waals surface area contributed by atoms with Crippen LogP contribution in [0.2, 0.25) is 10.0 Å². The number of nitrogens with zero attached hydrogens (tertiary/aromatic N) is 1. The van der Waals surface area contributed by atoms with Crippen molar-refractivity contribution in [3.8, 4) is 17.2 Å². The van der Waals surface area contributed by atoms with Crippen molar-refractivity contribution in [1.29, 1.82) is 0 Å². The van der Waals surface area contributed by atoms with Gasteiger partial charge in [0.2, 0.25) is 0 Å². The standard InChI is InChI=1S/C25H22Cl2N2O4/c1-3-11-32-24-20(26)12-18(13-21(24)27)15-28-29-25(30)19-9-10-22(23(14-19)31-2)33-16-17-7-5-4-6-8-17/h3-10,12-15H,1,11,16H2,2H3,(H,29,30)/b28-15+. The zero-order chi connectivity index (χ0) is 23.6. The molecule has 0 saturated carbocycles. The first-order chi connectivity index (χ1) is 16.0. The molecule has 3 aromatic carbocycles. The van der Waals surface area contributed by atoms with Crippen molar-refractivity contribution >= 4 is 35.3 Å². The van der Waals surface area contributed by atoms with Crippen molar-refractivity contribution in [2.45, 2.75) is 6.61 Å². The van der Waals surface area contributed by atoms with Crippen LogP contribution >= 0.6 is 23.2 Å². The molecule has 0 unspecified atom stereocenters. The number of nitrogens with one attached hydrogen (secondary N) is 1. The molecule has 6 nitrogen and oxygen atoms in total. The van der Waals surface area contributed by atoms with Crippen LogP contribution in [0, 0.1) is 0 Å². The maximum atomic E-state index is 12.5. The lowest BCUT2D eigenvalue weighted by molar-refractivity contribution is 0.0954. The van der Waals surface area contributed by atoms with Crippen molar-refractivity contribution in [2.24, 2.45) is 5.10 Å². The number of ether oxygens (including phenoxy) is 3. The number of hydrogen-bond donors (Lipinski definition) is 1. The van der Waals surface area contributed by atoms with Crippen LogP contribution in [0.5, 0.6) is 17.2 Å². The highest BCUT2D eigenvalue weighted by Gasteiger charge is 2.12. The van der Waals surface area contributed by atoms with Gasteiger partial charge in [-0.2, -0.15) is 5.10 Å². The summed E-state index contributed by atoms with van der Waals surface area (Å²) in [6.45, 7) is 4.25. The van der Waals surface area contributed by atoms with Crippen LogP contribution in [0.15, 0.2) is 78.4 Å². The van der Waals surface area contributed by atoms with Gasteiger partial charge in [-0.05, 0) is 41.5 Å². The monoisotopic (exact) mass is 484 g/mol. The summed E-state index contributed by atoms with van der Waals surface area (Å²) in [7, 11) is 1.51. The number of hydrazone groups is 1. The highest BCUT2D eigenvalue weighted by atomic mass is 35.5. The smallest absolute Gasteiger partial charge is 0.271 e. The summed E-state index contributed by atoms with van der Waals surface area (Å²) in [5.41, 5.74) is 4.45. The van der Waals surface area contributed by atoms with E-state index in [-0.39, 0.29) is 6.61 Å². The minimum atomic E-state index is -0.415. The zero-order valence-corrected chi connectivity index (χ0v) is 19.4.